The number of rotatable bonds is 3. The van der Waals surface area contributed by atoms with E-state index in [9.17, 15) is 9.90 Å². The molecule has 2 atom stereocenters. The number of carbonyl (C=O) groups is 1. The van der Waals surface area contributed by atoms with Crippen LogP contribution in [0.15, 0.2) is 30.5 Å². The summed E-state index contributed by atoms with van der Waals surface area (Å²) in [6.45, 7) is 2.27. The molecule has 3 rings (SSSR count). The minimum atomic E-state index is -0.934. The van der Waals surface area contributed by atoms with Crippen molar-refractivity contribution in [3.63, 3.8) is 0 Å². The summed E-state index contributed by atoms with van der Waals surface area (Å²) in [6, 6.07) is 7.98. The first-order chi connectivity index (χ1) is 10.2. The predicted molar refractivity (Wildman–Crippen MR) is 83.7 cm³/mol. The van der Waals surface area contributed by atoms with Gasteiger partial charge < -0.3 is 10.4 Å². The van der Waals surface area contributed by atoms with Crippen LogP contribution >= 0.6 is 0 Å². The van der Waals surface area contributed by atoms with Gasteiger partial charge in [-0.1, -0.05) is 44.0 Å². The van der Waals surface area contributed by atoms with Gasteiger partial charge in [0.05, 0.1) is 5.56 Å². The maximum atomic E-state index is 11.3. The average Bonchev–Trinajstić information content (AvgIpc) is 2.49. The van der Waals surface area contributed by atoms with Gasteiger partial charge in [-0.3, -0.25) is 0 Å². The first kappa shape index (κ1) is 13.9. The fourth-order valence-electron chi connectivity index (χ4n) is 3.18. The van der Waals surface area contributed by atoms with Gasteiger partial charge in [-0.05, 0) is 18.8 Å². The van der Waals surface area contributed by atoms with Gasteiger partial charge in [0.1, 0.15) is 5.82 Å². The molecule has 4 nitrogen and oxygen atoms in total. The van der Waals surface area contributed by atoms with Crippen molar-refractivity contribution in [2.45, 2.75) is 38.6 Å². The topological polar surface area (TPSA) is 62.2 Å². The molecule has 1 aromatic carbocycles. The van der Waals surface area contributed by atoms with Gasteiger partial charge in [-0.2, -0.15) is 0 Å². The molecule has 1 fully saturated rings. The highest BCUT2D eigenvalue weighted by molar-refractivity contribution is 6.06. The molecule has 1 aliphatic rings. The van der Waals surface area contributed by atoms with Gasteiger partial charge in [0.2, 0.25) is 0 Å². The fourth-order valence-corrected chi connectivity index (χ4v) is 3.18. The second kappa shape index (κ2) is 5.72. The Morgan fingerprint density at radius 2 is 1.95 bits per heavy atom. The zero-order valence-electron chi connectivity index (χ0n) is 12.2. The van der Waals surface area contributed by atoms with Gasteiger partial charge in [-0.15, -0.1) is 0 Å². The highest BCUT2D eigenvalue weighted by atomic mass is 16.4. The number of carboxylic acid groups (broad SMARTS) is 1. The summed E-state index contributed by atoms with van der Waals surface area (Å²) in [4.78, 5) is 15.7. The number of aromatic carboxylic acids is 1. The number of nitrogens with zero attached hydrogens (tertiary/aromatic N) is 1. The van der Waals surface area contributed by atoms with E-state index < -0.39 is 5.97 Å². The number of pyridine rings is 1. The van der Waals surface area contributed by atoms with E-state index in [2.05, 4.69) is 17.2 Å². The Labute approximate surface area is 124 Å². The monoisotopic (exact) mass is 284 g/mol. The van der Waals surface area contributed by atoms with Crippen molar-refractivity contribution in [2.24, 2.45) is 5.92 Å². The number of nitrogens with one attached hydrogen (secondary N) is 1. The van der Waals surface area contributed by atoms with E-state index in [0.29, 0.717) is 12.0 Å². The van der Waals surface area contributed by atoms with E-state index in [-0.39, 0.29) is 5.56 Å². The molecular weight excluding hydrogens is 264 g/mol. The van der Waals surface area contributed by atoms with Crippen LogP contribution in [-0.2, 0) is 0 Å². The van der Waals surface area contributed by atoms with Crippen molar-refractivity contribution < 1.29 is 9.90 Å². The zero-order chi connectivity index (χ0) is 14.8. The van der Waals surface area contributed by atoms with Crippen LogP contribution in [0.25, 0.3) is 10.8 Å². The number of hydrogen-bond acceptors (Lipinski definition) is 3. The summed E-state index contributed by atoms with van der Waals surface area (Å²) in [6.07, 6.45) is 6.39. The molecule has 0 radical (unpaired) electrons. The summed E-state index contributed by atoms with van der Waals surface area (Å²) in [7, 11) is 0. The molecule has 1 saturated carbocycles. The van der Waals surface area contributed by atoms with Crippen LogP contribution in [0.3, 0.4) is 0 Å². The maximum Gasteiger partial charge on any atom is 0.337 e. The van der Waals surface area contributed by atoms with Crippen LogP contribution in [0.2, 0.25) is 0 Å². The molecule has 1 aromatic heterocycles. The number of aromatic nitrogens is 1. The van der Waals surface area contributed by atoms with E-state index in [1.807, 2.05) is 24.3 Å². The van der Waals surface area contributed by atoms with Crippen molar-refractivity contribution >= 4 is 22.6 Å². The van der Waals surface area contributed by atoms with E-state index in [0.717, 1.165) is 23.0 Å². The number of hydrogen-bond donors (Lipinski definition) is 2. The Kier molecular flexibility index (Phi) is 3.78. The summed E-state index contributed by atoms with van der Waals surface area (Å²) >= 11 is 0. The van der Waals surface area contributed by atoms with Crippen molar-refractivity contribution in [2.75, 3.05) is 5.32 Å². The molecule has 2 aromatic rings. The van der Waals surface area contributed by atoms with Crippen molar-refractivity contribution in [3.8, 4) is 0 Å². The molecule has 21 heavy (non-hydrogen) atoms. The minimum absolute atomic E-state index is 0.257. The van der Waals surface area contributed by atoms with Crippen molar-refractivity contribution in [3.05, 3.63) is 36.0 Å². The Balaban J connectivity index is 1.99. The van der Waals surface area contributed by atoms with E-state index in [1.165, 1.54) is 25.5 Å². The van der Waals surface area contributed by atoms with Crippen molar-refractivity contribution in [1.29, 1.82) is 0 Å². The Morgan fingerprint density at radius 1 is 1.24 bits per heavy atom. The maximum absolute atomic E-state index is 11.3. The van der Waals surface area contributed by atoms with Gasteiger partial charge in [0.15, 0.2) is 0 Å². The van der Waals surface area contributed by atoms with Crippen LogP contribution in [0.5, 0.6) is 0 Å². The molecule has 2 N–H and O–H groups in total. The molecule has 0 spiro atoms. The van der Waals surface area contributed by atoms with Gasteiger partial charge in [0.25, 0.3) is 0 Å². The Bertz CT molecular complexity index is 669. The number of fused-ring (bicyclic) bond motifs is 1. The molecule has 2 unspecified atom stereocenters. The molecule has 4 heteroatoms. The number of anilines is 1. The highest BCUT2D eigenvalue weighted by Crippen LogP contribution is 2.30. The Hall–Kier alpha value is -2.10. The zero-order valence-corrected chi connectivity index (χ0v) is 12.2. The lowest BCUT2D eigenvalue weighted by molar-refractivity contribution is 0.0698. The minimum Gasteiger partial charge on any atom is -0.478 e. The van der Waals surface area contributed by atoms with E-state index >= 15 is 0 Å². The predicted octanol–water partition coefficient (Wildman–Crippen LogP) is 3.92. The standard InChI is InChI=1S/C17H20N2O2/c1-11-6-2-5-9-15(11)19-16-13-8-4-3-7-12(13)14(10-18-16)17(20)21/h3-4,7-8,10-11,15H,2,5-6,9H2,1H3,(H,18,19)(H,20,21). The third-order valence-electron chi connectivity index (χ3n) is 4.46. The van der Waals surface area contributed by atoms with Crippen LogP contribution in [0, 0.1) is 5.92 Å². The SMILES string of the molecule is CC1CCCCC1Nc1ncc(C(=O)O)c2ccccc12. The fraction of sp³-hybridized carbons (Fsp3) is 0.412. The summed E-state index contributed by atoms with van der Waals surface area (Å²) < 4.78 is 0. The molecule has 1 aliphatic carbocycles. The van der Waals surface area contributed by atoms with E-state index in [1.54, 1.807) is 0 Å². The lowest BCUT2D eigenvalue weighted by Crippen LogP contribution is -2.30. The molecule has 0 aliphatic heterocycles. The normalized spacial score (nSPS) is 22.1. The molecule has 0 saturated heterocycles. The largest absolute Gasteiger partial charge is 0.478 e. The van der Waals surface area contributed by atoms with Gasteiger partial charge in [-0.25, -0.2) is 9.78 Å². The lowest BCUT2D eigenvalue weighted by Gasteiger charge is -2.30. The smallest absolute Gasteiger partial charge is 0.337 e. The summed E-state index contributed by atoms with van der Waals surface area (Å²) in [5, 5.41) is 14.4. The van der Waals surface area contributed by atoms with Crippen molar-refractivity contribution in [1.82, 2.24) is 4.98 Å². The van der Waals surface area contributed by atoms with Crippen LogP contribution < -0.4 is 5.32 Å². The van der Waals surface area contributed by atoms with Crippen LogP contribution in [0.4, 0.5) is 5.82 Å². The summed E-state index contributed by atoms with van der Waals surface area (Å²) in [5.41, 5.74) is 0.257. The molecule has 110 valence electrons. The quantitative estimate of drug-likeness (QED) is 0.896. The lowest BCUT2D eigenvalue weighted by atomic mass is 9.86. The second-order valence-electron chi connectivity index (χ2n) is 5.88. The Morgan fingerprint density at radius 3 is 2.67 bits per heavy atom. The molecule has 1 heterocycles. The van der Waals surface area contributed by atoms with Gasteiger partial charge in [0, 0.05) is 23.0 Å². The first-order valence-electron chi connectivity index (χ1n) is 7.54. The van der Waals surface area contributed by atoms with E-state index in [4.69, 9.17) is 0 Å². The van der Waals surface area contributed by atoms with Gasteiger partial charge >= 0.3 is 5.97 Å². The molecule has 0 amide bonds. The van der Waals surface area contributed by atoms with Crippen LogP contribution in [-0.4, -0.2) is 22.1 Å². The second-order valence-corrected chi connectivity index (χ2v) is 5.88. The highest BCUT2D eigenvalue weighted by Gasteiger charge is 2.22. The average molecular weight is 284 g/mol. The number of carboxylic acids is 1. The third-order valence-corrected chi connectivity index (χ3v) is 4.46. The number of benzene rings is 1. The van der Waals surface area contributed by atoms with Crippen LogP contribution in [0.1, 0.15) is 43.0 Å². The first-order valence-corrected chi connectivity index (χ1v) is 7.54. The third kappa shape index (κ3) is 2.71. The molecule has 0 bridgehead atoms. The summed E-state index contributed by atoms with van der Waals surface area (Å²) in [5.74, 6) is 0.490. The molecular formula is C17H20N2O2.